The average Bonchev–Trinajstić information content (AvgIpc) is 1.63. The number of likely N-dealkylation sites (tertiary alicyclic amines) is 3. The van der Waals surface area contributed by atoms with Crippen molar-refractivity contribution in [1.29, 1.82) is 0 Å². The molecule has 87 heavy (non-hydrogen) atoms. The van der Waals surface area contributed by atoms with Crippen LogP contribution < -0.4 is 14.7 Å². The van der Waals surface area contributed by atoms with E-state index in [-0.39, 0.29) is 54.8 Å². The number of likely N-dealkylation sites (N-methyl/N-ethyl adjacent to an activating group) is 3. The number of fused-ring (bicyclic) bond motifs is 6. The van der Waals surface area contributed by atoms with Gasteiger partial charge in [0.25, 0.3) is 0 Å². The number of aryl methyl sites for hydroxylation is 3. The summed E-state index contributed by atoms with van der Waals surface area (Å²) in [6.07, 6.45) is 13.1. The molecule has 6 aliphatic heterocycles. The Hall–Kier alpha value is -8.97. The molecule has 3 unspecified atom stereocenters. The van der Waals surface area contributed by atoms with E-state index in [1.165, 1.54) is 18.2 Å². The molecule has 3 saturated heterocycles. The van der Waals surface area contributed by atoms with E-state index in [9.17, 15) is 27.6 Å². The predicted molar refractivity (Wildman–Crippen MR) is 330 cm³/mol. The number of hydrogen-bond acceptors (Lipinski definition) is 9. The molecule has 0 saturated carbocycles. The van der Waals surface area contributed by atoms with Crippen LogP contribution in [0.2, 0.25) is 0 Å². The van der Waals surface area contributed by atoms with Crippen LogP contribution in [0.1, 0.15) is 52.6 Å². The summed E-state index contributed by atoms with van der Waals surface area (Å²) >= 11 is 0. The Bertz CT molecular complexity index is 3740. The number of halogens is 3. The molecular weight excluding hydrogens is 1100 g/mol. The highest BCUT2D eigenvalue weighted by Gasteiger charge is 2.56. The number of hydrogen-bond donors (Lipinski definition) is 0. The topological polar surface area (TPSA) is 124 Å². The van der Waals surface area contributed by atoms with Gasteiger partial charge in [0.15, 0.2) is 0 Å². The first kappa shape index (κ1) is 57.1. The van der Waals surface area contributed by atoms with Crippen molar-refractivity contribution in [2.45, 2.75) is 55.1 Å². The van der Waals surface area contributed by atoms with Gasteiger partial charge in [-0.25, -0.2) is 13.2 Å². The first-order valence-electron chi connectivity index (χ1n) is 29.6. The lowest BCUT2D eigenvalue weighted by molar-refractivity contribution is -0.123. The second kappa shape index (κ2) is 22.4. The molecule has 3 fully saturated rings. The summed E-state index contributed by atoms with van der Waals surface area (Å²) in [6, 6.07) is 39.4. The zero-order valence-corrected chi connectivity index (χ0v) is 49.8. The van der Waals surface area contributed by atoms with E-state index < -0.39 is 16.2 Å². The van der Waals surface area contributed by atoms with Gasteiger partial charge >= 0.3 is 0 Å². The van der Waals surface area contributed by atoms with Gasteiger partial charge in [0.05, 0.1) is 54.5 Å². The van der Waals surface area contributed by atoms with Gasteiger partial charge in [0, 0.05) is 110 Å². The molecule has 444 valence electrons. The maximum atomic E-state index is 15.0. The first-order valence-corrected chi connectivity index (χ1v) is 29.6. The minimum absolute atomic E-state index is 0.0822. The highest BCUT2D eigenvalue weighted by Crippen LogP contribution is 2.50. The molecule has 3 amide bonds. The molecule has 0 bridgehead atoms. The van der Waals surface area contributed by atoms with Gasteiger partial charge in [0.1, 0.15) is 17.5 Å². The first-order chi connectivity index (χ1) is 41.9. The van der Waals surface area contributed by atoms with Crippen molar-refractivity contribution in [3.63, 3.8) is 0 Å². The molecule has 3 spiro atoms. The van der Waals surface area contributed by atoms with E-state index in [0.29, 0.717) is 36.3 Å². The van der Waals surface area contributed by atoms with Crippen LogP contribution in [-0.2, 0) is 71.4 Å². The van der Waals surface area contributed by atoms with Gasteiger partial charge in [0.2, 0.25) is 17.7 Å². The number of amides is 3. The van der Waals surface area contributed by atoms with Crippen LogP contribution in [0.5, 0.6) is 0 Å². The molecule has 15 rings (SSSR count). The summed E-state index contributed by atoms with van der Waals surface area (Å²) in [5, 5.41) is 12.4. The van der Waals surface area contributed by atoms with E-state index in [2.05, 4.69) is 30.0 Å². The van der Waals surface area contributed by atoms with Gasteiger partial charge in [-0.2, -0.15) is 15.3 Å². The van der Waals surface area contributed by atoms with E-state index >= 15 is 0 Å². The molecule has 6 aliphatic rings. The fourth-order valence-electron chi connectivity index (χ4n) is 14.2. The van der Waals surface area contributed by atoms with Gasteiger partial charge in [-0.3, -0.25) is 28.4 Å². The normalized spacial score (nSPS) is 21.3. The monoisotopic (exact) mass is 1170 g/mol. The number of para-hydroxylation sites is 3. The molecule has 15 nitrogen and oxygen atoms in total. The minimum atomic E-state index is -0.503. The van der Waals surface area contributed by atoms with Crippen molar-refractivity contribution in [2.75, 3.05) is 75.1 Å². The Kier molecular flexibility index (Phi) is 14.7. The van der Waals surface area contributed by atoms with Crippen molar-refractivity contribution < 1.29 is 27.6 Å². The molecular formula is C69H69F3N12O3. The number of anilines is 3. The third-order valence-corrected chi connectivity index (χ3v) is 18.7. The number of carbonyl (C=O) groups is 3. The molecule has 0 N–H and O–H groups in total. The van der Waals surface area contributed by atoms with Crippen molar-refractivity contribution in [3.8, 4) is 33.4 Å². The summed E-state index contributed by atoms with van der Waals surface area (Å²) in [7, 11) is 11.6. The predicted octanol–water partition coefficient (Wildman–Crippen LogP) is 10.0. The zero-order valence-electron chi connectivity index (χ0n) is 49.8. The Morgan fingerprint density at radius 2 is 0.655 bits per heavy atom. The molecule has 3 atom stereocenters. The summed E-state index contributed by atoms with van der Waals surface area (Å²) in [5.74, 6) is -0.667. The van der Waals surface area contributed by atoms with Gasteiger partial charge in [-0.1, -0.05) is 91.0 Å². The van der Waals surface area contributed by atoms with Crippen LogP contribution >= 0.6 is 0 Å². The molecule has 9 heterocycles. The molecule has 0 aliphatic carbocycles. The van der Waals surface area contributed by atoms with Gasteiger partial charge in [-0.15, -0.1) is 0 Å². The zero-order chi connectivity index (χ0) is 60.5. The molecule has 18 heteroatoms. The number of carbonyl (C=O) groups excluding carboxylic acids is 3. The van der Waals surface area contributed by atoms with Crippen LogP contribution in [0.25, 0.3) is 33.4 Å². The largest absolute Gasteiger partial charge is 0.307 e. The third kappa shape index (κ3) is 10.1. The van der Waals surface area contributed by atoms with E-state index in [1.54, 1.807) is 65.5 Å². The average molecular weight is 1170 g/mol. The van der Waals surface area contributed by atoms with E-state index in [4.69, 9.17) is 0 Å². The van der Waals surface area contributed by atoms with Crippen molar-refractivity contribution in [3.05, 3.63) is 215 Å². The maximum Gasteiger partial charge on any atom is 0.239 e. The second-order valence-corrected chi connectivity index (χ2v) is 24.6. The Morgan fingerprint density at radius 1 is 0.379 bits per heavy atom. The Labute approximate surface area is 504 Å². The van der Waals surface area contributed by atoms with E-state index in [0.717, 1.165) is 106 Å². The minimum Gasteiger partial charge on any atom is -0.307 e. The standard InChI is InChI=1S/3C23H23FN4O/c3*1-26-10-9-23(15-26)19-5-3-4-6-21(19)28(22(23)29)14-17-8-7-16(11-20(17)24)18-12-25-27(2)13-18/h3*3-8,11-13H,9-10,14-15H2,1-2H3. The van der Waals surface area contributed by atoms with Crippen molar-refractivity contribution in [2.24, 2.45) is 21.1 Å². The molecule has 0 radical (unpaired) electrons. The van der Waals surface area contributed by atoms with Gasteiger partial charge in [-0.05, 0) is 130 Å². The summed E-state index contributed by atoms with van der Waals surface area (Å²) < 4.78 is 49.9. The number of rotatable bonds is 9. The SMILES string of the molecule is CN1CCC2(C1)C(=O)N(Cc1ccc(-c3cnn(C)c3)cc1F)c1ccccc12.CN1CCC2(C1)C(=O)N(Cc1ccc(-c3cnn(C)c3)cc1F)c1ccccc12.CN1CCC2(C1)C(=O)N(Cc1ccc(-c3cnn(C)c3)cc1F)c1ccccc12. The Balaban J connectivity index is 0.000000121. The summed E-state index contributed by atoms with van der Waals surface area (Å²) in [6.45, 7) is 5.51. The van der Waals surface area contributed by atoms with Crippen molar-refractivity contribution in [1.82, 2.24) is 44.0 Å². The number of benzene rings is 6. The van der Waals surface area contributed by atoms with Crippen LogP contribution in [0.15, 0.2) is 165 Å². The summed E-state index contributed by atoms with van der Waals surface area (Å²) in [5.41, 5.74) is 10.9. The third-order valence-electron chi connectivity index (χ3n) is 18.7. The summed E-state index contributed by atoms with van der Waals surface area (Å²) in [4.78, 5) is 52.4. The Morgan fingerprint density at radius 3 is 0.885 bits per heavy atom. The highest BCUT2D eigenvalue weighted by atomic mass is 19.1. The van der Waals surface area contributed by atoms with E-state index in [1.807, 2.05) is 152 Å². The van der Waals surface area contributed by atoms with Crippen LogP contribution in [0.3, 0.4) is 0 Å². The fraction of sp³-hybridized carbons (Fsp3) is 0.304. The fourth-order valence-corrected chi connectivity index (χ4v) is 14.2. The molecule has 6 aromatic carbocycles. The van der Waals surface area contributed by atoms with Crippen LogP contribution in [0, 0.1) is 17.5 Å². The molecule has 9 aromatic rings. The van der Waals surface area contributed by atoms with Crippen LogP contribution in [0.4, 0.5) is 30.2 Å². The maximum absolute atomic E-state index is 15.0. The lowest BCUT2D eigenvalue weighted by Crippen LogP contribution is -2.41. The highest BCUT2D eigenvalue weighted by molar-refractivity contribution is 6.10. The molecule has 3 aromatic heterocycles. The quantitative estimate of drug-likeness (QED) is 0.139. The second-order valence-electron chi connectivity index (χ2n) is 24.6. The number of nitrogens with zero attached hydrogens (tertiary/aromatic N) is 12. The van der Waals surface area contributed by atoms with Crippen LogP contribution in [-0.4, -0.2) is 122 Å². The number of aromatic nitrogens is 6. The lowest BCUT2D eigenvalue weighted by Gasteiger charge is -2.24. The van der Waals surface area contributed by atoms with Crippen molar-refractivity contribution >= 4 is 34.8 Å². The lowest BCUT2D eigenvalue weighted by atomic mass is 9.81. The van der Waals surface area contributed by atoms with Gasteiger partial charge < -0.3 is 29.4 Å². The smallest absolute Gasteiger partial charge is 0.239 e.